The van der Waals surface area contributed by atoms with Crippen LogP contribution in [0.2, 0.25) is 0 Å². The minimum Gasteiger partial charge on any atom is -0.324 e. The molecule has 0 heterocycles. The van der Waals surface area contributed by atoms with Crippen LogP contribution in [0.1, 0.15) is 48.5 Å². The van der Waals surface area contributed by atoms with Crippen LogP contribution in [0.4, 0.5) is 0 Å². The molecule has 0 radical (unpaired) electrons. The van der Waals surface area contributed by atoms with Gasteiger partial charge in [0.1, 0.15) is 0 Å². The quantitative estimate of drug-likeness (QED) is 0.751. The van der Waals surface area contributed by atoms with Crippen molar-refractivity contribution in [1.82, 2.24) is 0 Å². The monoisotopic (exact) mass is 205 g/mol. The molecule has 15 heavy (non-hydrogen) atoms. The average Bonchev–Trinajstić information content (AvgIpc) is 2.30. The van der Waals surface area contributed by atoms with Gasteiger partial charge in [0.2, 0.25) is 0 Å². The number of Topliss-reactive ketones (excluding diaryl/α,β-unsaturated/α-hetero) is 1. The third kappa shape index (κ3) is 2.90. The molecule has 82 valence electrons. The molecule has 0 spiro atoms. The van der Waals surface area contributed by atoms with E-state index >= 15 is 0 Å². The Bertz CT molecular complexity index is 329. The fourth-order valence-corrected chi connectivity index (χ4v) is 1.84. The zero-order valence-corrected chi connectivity index (χ0v) is 9.49. The maximum absolute atomic E-state index is 11.4. The zero-order valence-electron chi connectivity index (χ0n) is 9.49. The van der Waals surface area contributed by atoms with Crippen molar-refractivity contribution in [2.24, 2.45) is 5.73 Å². The van der Waals surface area contributed by atoms with Crippen LogP contribution >= 0.6 is 0 Å². The number of ketones is 1. The second kappa shape index (κ2) is 5.66. The lowest BCUT2D eigenvalue weighted by Gasteiger charge is -2.13. The van der Waals surface area contributed by atoms with Crippen molar-refractivity contribution in [1.29, 1.82) is 0 Å². The summed E-state index contributed by atoms with van der Waals surface area (Å²) in [5, 5.41) is 0. The van der Waals surface area contributed by atoms with E-state index in [1.807, 2.05) is 18.2 Å². The van der Waals surface area contributed by atoms with Crippen LogP contribution in [0.5, 0.6) is 0 Å². The van der Waals surface area contributed by atoms with Crippen molar-refractivity contribution in [2.75, 3.05) is 6.54 Å². The van der Waals surface area contributed by atoms with Gasteiger partial charge >= 0.3 is 0 Å². The molecule has 2 nitrogen and oxygen atoms in total. The molecule has 2 heteroatoms. The molecule has 0 aromatic heterocycles. The first-order chi connectivity index (χ1) is 7.22. The summed E-state index contributed by atoms with van der Waals surface area (Å²) in [6.45, 7) is 4.43. The van der Waals surface area contributed by atoms with Gasteiger partial charge in [-0.1, -0.05) is 32.0 Å². The van der Waals surface area contributed by atoms with Gasteiger partial charge in [-0.2, -0.15) is 0 Å². The van der Waals surface area contributed by atoms with Gasteiger partial charge in [-0.15, -0.1) is 0 Å². The first-order valence-electron chi connectivity index (χ1n) is 5.56. The highest BCUT2D eigenvalue weighted by Gasteiger charge is 2.09. The number of rotatable bonds is 5. The standard InChI is InChI=1S/C13H19NO/c1-3-10(4-2)11-6-5-7-12(8-11)13(15)9-14/h5-8,10H,3-4,9,14H2,1-2H3. The predicted octanol–water partition coefficient (Wildman–Crippen LogP) is 2.73. The second-order valence-corrected chi connectivity index (χ2v) is 3.77. The van der Waals surface area contributed by atoms with E-state index in [-0.39, 0.29) is 12.3 Å². The smallest absolute Gasteiger partial charge is 0.176 e. The van der Waals surface area contributed by atoms with E-state index in [1.54, 1.807) is 0 Å². The Hall–Kier alpha value is -1.15. The molecule has 1 aromatic carbocycles. The molecule has 0 atom stereocenters. The molecule has 0 aliphatic carbocycles. The molecule has 0 aliphatic heterocycles. The molecule has 2 N–H and O–H groups in total. The van der Waals surface area contributed by atoms with Crippen LogP contribution in [0.3, 0.4) is 0 Å². The summed E-state index contributed by atoms with van der Waals surface area (Å²) in [4.78, 5) is 11.4. The second-order valence-electron chi connectivity index (χ2n) is 3.77. The summed E-state index contributed by atoms with van der Waals surface area (Å²) in [7, 11) is 0. The highest BCUT2D eigenvalue weighted by Crippen LogP contribution is 2.23. The van der Waals surface area contributed by atoms with Crippen molar-refractivity contribution in [3.63, 3.8) is 0 Å². The van der Waals surface area contributed by atoms with Crippen LogP contribution in [0, 0.1) is 0 Å². The number of nitrogens with two attached hydrogens (primary N) is 1. The molecule has 0 saturated carbocycles. The Morgan fingerprint density at radius 3 is 2.53 bits per heavy atom. The van der Waals surface area contributed by atoms with E-state index in [1.165, 1.54) is 5.56 Å². The first-order valence-corrected chi connectivity index (χ1v) is 5.56. The van der Waals surface area contributed by atoms with Gasteiger partial charge in [-0.05, 0) is 30.4 Å². The van der Waals surface area contributed by atoms with Crippen LogP contribution in [0.15, 0.2) is 24.3 Å². The summed E-state index contributed by atoms with van der Waals surface area (Å²) in [5.41, 5.74) is 7.33. The van der Waals surface area contributed by atoms with Gasteiger partial charge in [0.15, 0.2) is 5.78 Å². The highest BCUT2D eigenvalue weighted by molar-refractivity contribution is 5.97. The van der Waals surface area contributed by atoms with Crippen molar-refractivity contribution in [2.45, 2.75) is 32.6 Å². The summed E-state index contributed by atoms with van der Waals surface area (Å²) < 4.78 is 0. The molecular weight excluding hydrogens is 186 g/mol. The summed E-state index contributed by atoms with van der Waals surface area (Å²) >= 11 is 0. The van der Waals surface area contributed by atoms with Crippen molar-refractivity contribution in [3.05, 3.63) is 35.4 Å². The average molecular weight is 205 g/mol. The van der Waals surface area contributed by atoms with Crippen LogP contribution in [0.25, 0.3) is 0 Å². The minimum atomic E-state index is 0.0165. The van der Waals surface area contributed by atoms with E-state index in [0.717, 1.165) is 18.4 Å². The molecule has 0 amide bonds. The predicted molar refractivity (Wildman–Crippen MR) is 63.1 cm³/mol. The lowest BCUT2D eigenvalue weighted by atomic mass is 9.92. The number of hydrogen-bond acceptors (Lipinski definition) is 2. The molecule has 0 fully saturated rings. The Kier molecular flexibility index (Phi) is 4.50. The molecule has 1 aromatic rings. The van der Waals surface area contributed by atoms with Crippen molar-refractivity contribution < 1.29 is 4.79 Å². The summed E-state index contributed by atoms with van der Waals surface area (Å²) in [6, 6.07) is 7.84. The first kappa shape index (κ1) is 11.9. The topological polar surface area (TPSA) is 43.1 Å². The largest absolute Gasteiger partial charge is 0.324 e. The van der Waals surface area contributed by atoms with Gasteiger partial charge in [-0.3, -0.25) is 4.79 Å². The van der Waals surface area contributed by atoms with E-state index in [2.05, 4.69) is 19.9 Å². The SMILES string of the molecule is CCC(CC)c1cccc(C(=O)CN)c1. The van der Waals surface area contributed by atoms with E-state index in [0.29, 0.717) is 5.92 Å². The molecule has 0 unspecified atom stereocenters. The van der Waals surface area contributed by atoms with Gasteiger partial charge in [0.05, 0.1) is 6.54 Å². The number of hydrogen-bond donors (Lipinski definition) is 1. The fraction of sp³-hybridized carbons (Fsp3) is 0.462. The molecule has 0 bridgehead atoms. The highest BCUT2D eigenvalue weighted by atomic mass is 16.1. The van der Waals surface area contributed by atoms with Crippen molar-refractivity contribution >= 4 is 5.78 Å². The summed E-state index contributed by atoms with van der Waals surface area (Å²) in [6.07, 6.45) is 2.22. The lowest BCUT2D eigenvalue weighted by molar-refractivity contribution is 0.100. The number of carbonyl (C=O) groups is 1. The normalized spacial score (nSPS) is 10.7. The Balaban J connectivity index is 2.96. The van der Waals surface area contributed by atoms with E-state index in [9.17, 15) is 4.79 Å². The van der Waals surface area contributed by atoms with Gasteiger partial charge in [0, 0.05) is 5.56 Å². The number of carbonyl (C=O) groups excluding carboxylic acids is 1. The molecule has 0 saturated heterocycles. The van der Waals surface area contributed by atoms with Crippen LogP contribution in [-0.2, 0) is 0 Å². The van der Waals surface area contributed by atoms with E-state index in [4.69, 9.17) is 5.73 Å². The maximum atomic E-state index is 11.4. The summed E-state index contributed by atoms with van der Waals surface area (Å²) in [5.74, 6) is 0.568. The Morgan fingerprint density at radius 2 is 2.00 bits per heavy atom. The van der Waals surface area contributed by atoms with E-state index < -0.39 is 0 Å². The Morgan fingerprint density at radius 1 is 1.33 bits per heavy atom. The maximum Gasteiger partial charge on any atom is 0.176 e. The fourth-order valence-electron chi connectivity index (χ4n) is 1.84. The lowest BCUT2D eigenvalue weighted by Crippen LogP contribution is -2.13. The Labute approximate surface area is 91.5 Å². The van der Waals surface area contributed by atoms with Gasteiger partial charge in [0.25, 0.3) is 0 Å². The molecule has 1 rings (SSSR count). The van der Waals surface area contributed by atoms with Crippen LogP contribution in [-0.4, -0.2) is 12.3 Å². The minimum absolute atomic E-state index is 0.0165. The van der Waals surface area contributed by atoms with Gasteiger partial charge < -0.3 is 5.73 Å². The third-order valence-corrected chi connectivity index (χ3v) is 2.85. The molecular formula is C13H19NO. The van der Waals surface area contributed by atoms with Gasteiger partial charge in [-0.25, -0.2) is 0 Å². The van der Waals surface area contributed by atoms with Crippen molar-refractivity contribution in [3.8, 4) is 0 Å². The van der Waals surface area contributed by atoms with Crippen LogP contribution < -0.4 is 5.73 Å². The third-order valence-electron chi connectivity index (χ3n) is 2.85. The zero-order chi connectivity index (χ0) is 11.3. The number of benzene rings is 1. The molecule has 0 aliphatic rings.